The molecule has 0 fully saturated rings. The van der Waals surface area contributed by atoms with E-state index in [0.29, 0.717) is 6.07 Å². The molecule has 0 aliphatic rings. The third-order valence-corrected chi connectivity index (χ3v) is 1.65. The predicted octanol–water partition coefficient (Wildman–Crippen LogP) is 1.24. The van der Waals surface area contributed by atoms with Crippen LogP contribution in [0.1, 0.15) is 22.5 Å². The number of halogens is 3. The average Bonchev–Trinajstić information content (AvgIpc) is 2.20. The number of pyridine rings is 1. The lowest BCUT2D eigenvalue weighted by molar-refractivity contribution is 0.0581. The molecule has 0 bridgehead atoms. The van der Waals surface area contributed by atoms with Crippen molar-refractivity contribution in [2.24, 2.45) is 0 Å². The van der Waals surface area contributed by atoms with E-state index in [2.05, 4.69) is 4.74 Å². The number of hydrogen-bond acceptors (Lipinski definition) is 3. The minimum absolute atomic E-state index is 0.315. The van der Waals surface area contributed by atoms with Crippen LogP contribution in [0.3, 0.4) is 0 Å². The van der Waals surface area contributed by atoms with Crippen LogP contribution in [0.4, 0.5) is 13.2 Å². The summed E-state index contributed by atoms with van der Waals surface area (Å²) >= 11 is 0. The van der Waals surface area contributed by atoms with E-state index in [1.54, 1.807) is 4.98 Å². The molecule has 0 amide bonds. The highest BCUT2D eigenvalue weighted by atomic mass is 19.3. The third-order valence-electron chi connectivity index (χ3n) is 1.65. The van der Waals surface area contributed by atoms with Crippen molar-refractivity contribution in [3.8, 4) is 0 Å². The summed E-state index contributed by atoms with van der Waals surface area (Å²) < 4.78 is 41.5. The summed E-state index contributed by atoms with van der Waals surface area (Å²) in [5.41, 5.74) is -2.89. The third kappa shape index (κ3) is 2.17. The molecule has 0 aromatic carbocycles. The number of nitrogens with one attached hydrogen (secondary N) is 1. The number of alkyl halides is 2. The fourth-order valence-corrected chi connectivity index (χ4v) is 0.963. The summed E-state index contributed by atoms with van der Waals surface area (Å²) in [4.78, 5) is 23.4. The Kier molecular flexibility index (Phi) is 3.13. The second-order valence-corrected chi connectivity index (χ2v) is 2.57. The van der Waals surface area contributed by atoms with Crippen molar-refractivity contribution in [1.29, 1.82) is 0 Å². The predicted molar refractivity (Wildman–Crippen MR) is 43.3 cm³/mol. The Bertz CT molecular complexity index is 441. The molecule has 0 aliphatic carbocycles. The molecule has 0 saturated heterocycles. The lowest BCUT2D eigenvalue weighted by Crippen LogP contribution is -2.19. The number of aromatic amines is 1. The molecule has 0 saturated carbocycles. The second-order valence-electron chi connectivity index (χ2n) is 2.57. The van der Waals surface area contributed by atoms with Crippen molar-refractivity contribution < 1.29 is 22.7 Å². The number of rotatable bonds is 2. The molecule has 1 aromatic rings. The molecule has 4 nitrogen and oxygen atoms in total. The first-order valence-corrected chi connectivity index (χ1v) is 3.76. The van der Waals surface area contributed by atoms with E-state index in [-0.39, 0.29) is 0 Å². The highest BCUT2D eigenvalue weighted by molar-refractivity contribution is 5.88. The molecule has 82 valence electrons. The molecular weight excluding hydrogens is 215 g/mol. The number of hydrogen-bond donors (Lipinski definition) is 1. The molecule has 0 unspecified atom stereocenters. The zero-order chi connectivity index (χ0) is 11.6. The molecule has 1 heterocycles. The first-order chi connectivity index (χ1) is 6.97. The Morgan fingerprint density at radius 3 is 2.60 bits per heavy atom. The van der Waals surface area contributed by atoms with Gasteiger partial charge in [-0.15, -0.1) is 0 Å². The summed E-state index contributed by atoms with van der Waals surface area (Å²) in [6.07, 6.45) is -3.08. The van der Waals surface area contributed by atoms with Gasteiger partial charge in [0.25, 0.3) is 12.0 Å². The van der Waals surface area contributed by atoms with Crippen LogP contribution in [-0.2, 0) is 4.74 Å². The van der Waals surface area contributed by atoms with Crippen LogP contribution in [0, 0.1) is 5.82 Å². The zero-order valence-corrected chi connectivity index (χ0v) is 7.51. The SMILES string of the molecule is COC(=O)c1[nH]c(=O)c(F)cc1C(F)F. The zero-order valence-electron chi connectivity index (χ0n) is 7.51. The van der Waals surface area contributed by atoms with Gasteiger partial charge in [0.2, 0.25) is 0 Å². The highest BCUT2D eigenvalue weighted by Gasteiger charge is 2.21. The lowest BCUT2D eigenvalue weighted by atomic mass is 10.2. The van der Waals surface area contributed by atoms with Crippen LogP contribution in [0.25, 0.3) is 0 Å². The van der Waals surface area contributed by atoms with Gasteiger partial charge in [0, 0.05) is 0 Å². The largest absolute Gasteiger partial charge is 0.464 e. The number of carbonyl (C=O) groups excluding carboxylic acids is 1. The molecule has 0 radical (unpaired) electrons. The van der Waals surface area contributed by atoms with Crippen molar-refractivity contribution in [2.45, 2.75) is 6.43 Å². The summed E-state index contributed by atoms with van der Waals surface area (Å²) in [5.74, 6) is -2.53. The number of ether oxygens (including phenoxy) is 1. The van der Waals surface area contributed by atoms with Crippen LogP contribution in [0.2, 0.25) is 0 Å². The molecule has 7 heteroatoms. The maximum Gasteiger partial charge on any atom is 0.355 e. The Hall–Kier alpha value is -1.79. The van der Waals surface area contributed by atoms with E-state index in [1.807, 2.05) is 0 Å². The van der Waals surface area contributed by atoms with E-state index in [0.717, 1.165) is 7.11 Å². The van der Waals surface area contributed by atoms with Crippen LogP contribution < -0.4 is 5.56 Å². The van der Waals surface area contributed by atoms with Crippen molar-refractivity contribution in [3.63, 3.8) is 0 Å². The molecular formula is C8H6F3NO3. The molecule has 0 spiro atoms. The normalized spacial score (nSPS) is 10.5. The number of esters is 1. The highest BCUT2D eigenvalue weighted by Crippen LogP contribution is 2.21. The van der Waals surface area contributed by atoms with E-state index >= 15 is 0 Å². The van der Waals surface area contributed by atoms with Crippen LogP contribution in [0.15, 0.2) is 10.9 Å². The van der Waals surface area contributed by atoms with Gasteiger partial charge in [-0.1, -0.05) is 0 Å². The lowest BCUT2D eigenvalue weighted by Gasteiger charge is -2.06. The molecule has 1 N–H and O–H groups in total. The van der Waals surface area contributed by atoms with Gasteiger partial charge in [-0.05, 0) is 6.07 Å². The van der Waals surface area contributed by atoms with Gasteiger partial charge in [0.05, 0.1) is 12.7 Å². The number of aromatic nitrogens is 1. The topological polar surface area (TPSA) is 59.2 Å². The van der Waals surface area contributed by atoms with Crippen molar-refractivity contribution in [1.82, 2.24) is 4.98 Å². The summed E-state index contributed by atoms with van der Waals surface area (Å²) in [7, 11) is 0.958. The molecule has 1 aromatic heterocycles. The van der Waals surface area contributed by atoms with Gasteiger partial charge < -0.3 is 9.72 Å². The van der Waals surface area contributed by atoms with Gasteiger partial charge >= 0.3 is 5.97 Å². The Labute approximate surface area is 81.7 Å². The maximum absolute atomic E-state index is 12.7. The Morgan fingerprint density at radius 2 is 2.13 bits per heavy atom. The first kappa shape index (κ1) is 11.3. The van der Waals surface area contributed by atoms with Gasteiger partial charge in [0.1, 0.15) is 5.69 Å². The van der Waals surface area contributed by atoms with Crippen LogP contribution in [-0.4, -0.2) is 18.1 Å². The average molecular weight is 221 g/mol. The maximum atomic E-state index is 12.7. The van der Waals surface area contributed by atoms with Gasteiger partial charge in [0.15, 0.2) is 5.82 Å². The van der Waals surface area contributed by atoms with Gasteiger partial charge in [-0.2, -0.15) is 0 Å². The quantitative estimate of drug-likeness (QED) is 0.764. The van der Waals surface area contributed by atoms with Gasteiger partial charge in [-0.3, -0.25) is 4.79 Å². The molecule has 0 aliphatic heterocycles. The molecule has 15 heavy (non-hydrogen) atoms. The standard InChI is InChI=1S/C8H6F3NO3/c1-15-8(14)5-3(6(10)11)2-4(9)7(13)12-5/h2,6H,1H3,(H,12,13). The second kappa shape index (κ2) is 4.16. The summed E-state index contributed by atoms with van der Waals surface area (Å²) in [6, 6.07) is 0.315. The summed E-state index contributed by atoms with van der Waals surface area (Å²) in [5, 5.41) is 0. The van der Waals surface area contributed by atoms with E-state index in [4.69, 9.17) is 0 Å². The molecule has 1 rings (SSSR count). The van der Waals surface area contributed by atoms with Crippen LogP contribution >= 0.6 is 0 Å². The minimum Gasteiger partial charge on any atom is -0.464 e. The van der Waals surface area contributed by atoms with Crippen LogP contribution in [0.5, 0.6) is 0 Å². The van der Waals surface area contributed by atoms with E-state index in [1.165, 1.54) is 0 Å². The van der Waals surface area contributed by atoms with Gasteiger partial charge in [-0.25, -0.2) is 18.0 Å². The Morgan fingerprint density at radius 1 is 1.53 bits per heavy atom. The number of H-pyrrole nitrogens is 1. The number of carbonyl (C=O) groups is 1. The van der Waals surface area contributed by atoms with E-state index in [9.17, 15) is 22.8 Å². The van der Waals surface area contributed by atoms with Crippen molar-refractivity contribution >= 4 is 5.97 Å². The summed E-state index contributed by atoms with van der Waals surface area (Å²) in [6.45, 7) is 0. The smallest absolute Gasteiger partial charge is 0.355 e. The Balaban J connectivity index is 3.41. The van der Waals surface area contributed by atoms with Crippen molar-refractivity contribution in [3.05, 3.63) is 33.5 Å². The molecule has 0 atom stereocenters. The first-order valence-electron chi connectivity index (χ1n) is 3.76. The fourth-order valence-electron chi connectivity index (χ4n) is 0.963. The monoisotopic (exact) mass is 221 g/mol. The van der Waals surface area contributed by atoms with Crippen molar-refractivity contribution in [2.75, 3.05) is 7.11 Å². The fraction of sp³-hybridized carbons (Fsp3) is 0.250. The van der Waals surface area contributed by atoms with E-state index < -0.39 is 35.0 Å². The minimum atomic E-state index is -3.08. The number of methoxy groups -OCH3 is 1.